The molecule has 0 aliphatic heterocycles. The molecule has 2 N–H and O–H groups in total. The zero-order valence-electron chi connectivity index (χ0n) is 8.60. The van der Waals surface area contributed by atoms with Gasteiger partial charge in [-0.2, -0.15) is 18.2 Å². The quantitative estimate of drug-likeness (QED) is 0.838. The highest BCUT2D eigenvalue weighted by atomic mass is 19.4. The normalized spacial score (nSPS) is 16.0. The van der Waals surface area contributed by atoms with Crippen molar-refractivity contribution in [2.45, 2.75) is 25.1 Å². The molecule has 88 valence electrons. The minimum absolute atomic E-state index is 0.0293. The van der Waals surface area contributed by atoms with Crippen LogP contribution in [0.25, 0.3) is 0 Å². The fraction of sp³-hybridized carbons (Fsp3) is 0.556. The van der Waals surface area contributed by atoms with Crippen molar-refractivity contribution < 1.29 is 13.2 Å². The molecule has 0 aromatic carbocycles. The second-order valence-corrected chi connectivity index (χ2v) is 3.63. The van der Waals surface area contributed by atoms with Crippen LogP contribution in [0.15, 0.2) is 6.07 Å². The Labute approximate surface area is 90.3 Å². The predicted octanol–water partition coefficient (Wildman–Crippen LogP) is 2.11. The number of nitrogens with zero attached hydrogens (tertiary/aromatic N) is 2. The molecule has 0 spiro atoms. The van der Waals surface area contributed by atoms with Gasteiger partial charge in [0.25, 0.3) is 0 Å². The van der Waals surface area contributed by atoms with E-state index in [1.54, 1.807) is 0 Å². The highest BCUT2D eigenvalue weighted by Crippen LogP contribution is 2.30. The summed E-state index contributed by atoms with van der Waals surface area (Å²) in [6.45, 7) is 0. The summed E-state index contributed by atoms with van der Waals surface area (Å²) in [5.41, 5.74) is -0.935. The first-order chi connectivity index (χ1) is 7.49. The Morgan fingerprint density at radius 1 is 1.31 bits per heavy atom. The van der Waals surface area contributed by atoms with Gasteiger partial charge in [0.2, 0.25) is 5.95 Å². The molecule has 0 atom stereocenters. The predicted molar refractivity (Wildman–Crippen MR) is 53.2 cm³/mol. The summed E-state index contributed by atoms with van der Waals surface area (Å²) < 4.78 is 37.5. The van der Waals surface area contributed by atoms with Crippen molar-refractivity contribution in [3.63, 3.8) is 0 Å². The lowest BCUT2D eigenvalue weighted by molar-refractivity contribution is -0.141. The van der Waals surface area contributed by atoms with Crippen LogP contribution in [-0.2, 0) is 6.18 Å². The summed E-state index contributed by atoms with van der Waals surface area (Å²) in [4.78, 5) is 7.36. The average Bonchev–Trinajstić information content (AvgIpc) is 3.00. The van der Waals surface area contributed by atoms with E-state index < -0.39 is 11.9 Å². The molecule has 7 heteroatoms. The summed E-state index contributed by atoms with van der Waals surface area (Å²) in [5, 5.41) is 5.42. The van der Waals surface area contributed by atoms with Gasteiger partial charge < -0.3 is 10.6 Å². The largest absolute Gasteiger partial charge is 0.433 e. The van der Waals surface area contributed by atoms with Crippen LogP contribution in [0.5, 0.6) is 0 Å². The summed E-state index contributed by atoms with van der Waals surface area (Å²) in [5.74, 6) is 0.187. The molecule has 4 nitrogen and oxygen atoms in total. The van der Waals surface area contributed by atoms with E-state index in [4.69, 9.17) is 0 Å². The van der Waals surface area contributed by atoms with E-state index in [1.165, 1.54) is 7.05 Å². The van der Waals surface area contributed by atoms with Crippen molar-refractivity contribution in [3.8, 4) is 0 Å². The summed E-state index contributed by atoms with van der Waals surface area (Å²) in [7, 11) is 1.52. The van der Waals surface area contributed by atoms with Gasteiger partial charge in [0, 0.05) is 19.2 Å². The molecule has 0 bridgehead atoms. The van der Waals surface area contributed by atoms with E-state index in [-0.39, 0.29) is 17.8 Å². The topological polar surface area (TPSA) is 49.8 Å². The molecule has 16 heavy (non-hydrogen) atoms. The van der Waals surface area contributed by atoms with Crippen LogP contribution in [0.4, 0.5) is 24.9 Å². The van der Waals surface area contributed by atoms with Crippen molar-refractivity contribution in [2.24, 2.45) is 0 Å². The number of rotatable bonds is 3. The Morgan fingerprint density at radius 3 is 2.50 bits per heavy atom. The Hall–Kier alpha value is -1.53. The lowest BCUT2D eigenvalue weighted by Crippen LogP contribution is -2.14. The van der Waals surface area contributed by atoms with Crippen molar-refractivity contribution in [3.05, 3.63) is 11.8 Å². The van der Waals surface area contributed by atoms with Crippen LogP contribution >= 0.6 is 0 Å². The van der Waals surface area contributed by atoms with Gasteiger partial charge in [0.1, 0.15) is 5.82 Å². The number of halogens is 3. The fourth-order valence-electron chi connectivity index (χ4n) is 1.20. The lowest BCUT2D eigenvalue weighted by Gasteiger charge is -2.10. The van der Waals surface area contributed by atoms with Gasteiger partial charge in [-0.15, -0.1) is 0 Å². The third-order valence-electron chi connectivity index (χ3n) is 2.18. The second-order valence-electron chi connectivity index (χ2n) is 3.63. The molecule has 1 aromatic rings. The Kier molecular flexibility index (Phi) is 2.61. The zero-order valence-corrected chi connectivity index (χ0v) is 8.60. The van der Waals surface area contributed by atoms with Crippen LogP contribution in [0.3, 0.4) is 0 Å². The molecular weight excluding hydrogens is 221 g/mol. The van der Waals surface area contributed by atoms with Gasteiger partial charge in [-0.05, 0) is 12.8 Å². The Morgan fingerprint density at radius 2 is 2.00 bits per heavy atom. The molecule has 0 saturated heterocycles. The molecule has 1 saturated carbocycles. The molecule has 1 aliphatic rings. The minimum Gasteiger partial charge on any atom is -0.373 e. The maximum Gasteiger partial charge on any atom is 0.433 e. The standard InChI is InChI=1S/C9H11F3N4/c1-13-7-4-6(9(10,11)12)15-8(16-7)14-5-2-3-5/h4-5H,2-3H2,1H3,(H2,13,14,15,16). The first kappa shape index (κ1) is 11.0. The molecule has 1 aliphatic carbocycles. The van der Waals surface area contributed by atoms with Crippen molar-refractivity contribution >= 4 is 11.8 Å². The smallest absolute Gasteiger partial charge is 0.373 e. The fourth-order valence-corrected chi connectivity index (χ4v) is 1.20. The van der Waals surface area contributed by atoms with Crippen LogP contribution in [0.1, 0.15) is 18.5 Å². The van der Waals surface area contributed by atoms with Gasteiger partial charge in [-0.1, -0.05) is 0 Å². The average molecular weight is 232 g/mol. The third-order valence-corrected chi connectivity index (χ3v) is 2.18. The maximum absolute atomic E-state index is 12.5. The van der Waals surface area contributed by atoms with Crippen LogP contribution in [-0.4, -0.2) is 23.1 Å². The maximum atomic E-state index is 12.5. The van der Waals surface area contributed by atoms with E-state index in [0.29, 0.717) is 0 Å². The summed E-state index contributed by atoms with van der Waals surface area (Å²) in [6.07, 6.45) is -2.54. The first-order valence-corrected chi connectivity index (χ1v) is 4.89. The van der Waals surface area contributed by atoms with E-state index in [9.17, 15) is 13.2 Å². The number of anilines is 2. The van der Waals surface area contributed by atoms with E-state index in [2.05, 4.69) is 20.6 Å². The van der Waals surface area contributed by atoms with Gasteiger partial charge in [0.15, 0.2) is 5.69 Å². The van der Waals surface area contributed by atoms with E-state index >= 15 is 0 Å². The molecule has 1 aromatic heterocycles. The van der Waals surface area contributed by atoms with Crippen molar-refractivity contribution in [2.75, 3.05) is 17.7 Å². The van der Waals surface area contributed by atoms with E-state index in [0.717, 1.165) is 18.9 Å². The summed E-state index contributed by atoms with van der Waals surface area (Å²) >= 11 is 0. The Bertz CT molecular complexity index is 387. The van der Waals surface area contributed by atoms with Crippen LogP contribution in [0, 0.1) is 0 Å². The number of nitrogens with one attached hydrogen (secondary N) is 2. The van der Waals surface area contributed by atoms with Crippen molar-refractivity contribution in [1.29, 1.82) is 0 Å². The molecular formula is C9H11F3N4. The van der Waals surface area contributed by atoms with Gasteiger partial charge >= 0.3 is 6.18 Å². The zero-order chi connectivity index (χ0) is 11.8. The van der Waals surface area contributed by atoms with Crippen molar-refractivity contribution in [1.82, 2.24) is 9.97 Å². The SMILES string of the molecule is CNc1cc(C(F)(F)F)nc(NC2CC2)n1. The number of aromatic nitrogens is 2. The molecule has 1 fully saturated rings. The minimum atomic E-state index is -4.45. The Balaban J connectivity index is 2.29. The highest BCUT2D eigenvalue weighted by molar-refractivity contribution is 5.43. The molecule has 2 rings (SSSR count). The number of hydrogen-bond acceptors (Lipinski definition) is 4. The first-order valence-electron chi connectivity index (χ1n) is 4.89. The van der Waals surface area contributed by atoms with Gasteiger partial charge in [0.05, 0.1) is 0 Å². The molecule has 0 radical (unpaired) electrons. The molecule has 0 unspecified atom stereocenters. The molecule has 0 amide bonds. The lowest BCUT2D eigenvalue weighted by atomic mass is 10.4. The monoisotopic (exact) mass is 232 g/mol. The van der Waals surface area contributed by atoms with Gasteiger partial charge in [-0.3, -0.25) is 0 Å². The third kappa shape index (κ3) is 2.53. The number of hydrogen-bond donors (Lipinski definition) is 2. The molecule has 1 heterocycles. The van der Waals surface area contributed by atoms with E-state index in [1.807, 2.05) is 0 Å². The van der Waals surface area contributed by atoms with Crippen LogP contribution < -0.4 is 10.6 Å². The van der Waals surface area contributed by atoms with Gasteiger partial charge in [-0.25, -0.2) is 4.98 Å². The second kappa shape index (κ2) is 3.80. The number of alkyl halides is 3. The summed E-state index contributed by atoms with van der Waals surface area (Å²) in [6, 6.07) is 1.10. The van der Waals surface area contributed by atoms with Crippen LogP contribution in [0.2, 0.25) is 0 Å². The highest BCUT2D eigenvalue weighted by Gasteiger charge is 2.34.